The normalized spacial score (nSPS) is 21.5. The van der Waals surface area contributed by atoms with Gasteiger partial charge >= 0.3 is 6.18 Å². The first kappa shape index (κ1) is 14.0. The summed E-state index contributed by atoms with van der Waals surface area (Å²) in [4.78, 5) is 0. The molecule has 0 aliphatic carbocycles. The molecule has 0 fully saturated rings. The van der Waals surface area contributed by atoms with E-state index in [1.165, 1.54) is 12.1 Å². The van der Waals surface area contributed by atoms with Gasteiger partial charge in [0.25, 0.3) is 0 Å². The van der Waals surface area contributed by atoms with Crippen molar-refractivity contribution in [3.8, 4) is 0 Å². The van der Waals surface area contributed by atoms with Crippen molar-refractivity contribution in [1.29, 1.82) is 0 Å². The number of nitrogens with one attached hydrogen (secondary N) is 1. The van der Waals surface area contributed by atoms with Crippen LogP contribution in [0.25, 0.3) is 0 Å². The molecule has 21 heavy (non-hydrogen) atoms. The van der Waals surface area contributed by atoms with Crippen LogP contribution in [-0.2, 0) is 12.6 Å². The lowest BCUT2D eigenvalue weighted by atomic mass is 9.82. The lowest BCUT2D eigenvalue weighted by molar-refractivity contribution is -0.137. The molecule has 0 bridgehead atoms. The molecule has 110 valence electrons. The number of hydrogen-bond acceptors (Lipinski definition) is 1. The van der Waals surface area contributed by atoms with E-state index in [1.54, 1.807) is 0 Å². The van der Waals surface area contributed by atoms with Crippen molar-refractivity contribution in [2.75, 3.05) is 5.32 Å². The van der Waals surface area contributed by atoms with E-state index in [4.69, 9.17) is 0 Å². The number of alkyl halides is 3. The van der Waals surface area contributed by atoms with Crippen molar-refractivity contribution >= 4 is 5.69 Å². The lowest BCUT2D eigenvalue weighted by Crippen LogP contribution is -2.31. The van der Waals surface area contributed by atoms with Gasteiger partial charge in [-0.1, -0.05) is 30.3 Å². The summed E-state index contributed by atoms with van der Waals surface area (Å²) in [6.45, 7) is 2.07. The van der Waals surface area contributed by atoms with E-state index < -0.39 is 11.7 Å². The standard InChI is InChI=1S/C17H16F3N/c1-11-15(12-5-3-2-4-6-12)10-13-9-14(17(18,19)20)7-8-16(13)21-11/h2-9,11,15,21H,10H2,1H3/t11-,15-/m0/s1. The zero-order chi connectivity index (χ0) is 15.0. The summed E-state index contributed by atoms with van der Waals surface area (Å²) in [7, 11) is 0. The quantitative estimate of drug-likeness (QED) is 0.792. The van der Waals surface area contributed by atoms with Crippen LogP contribution >= 0.6 is 0 Å². The predicted molar refractivity (Wildman–Crippen MR) is 77.4 cm³/mol. The fourth-order valence-corrected chi connectivity index (χ4v) is 2.95. The van der Waals surface area contributed by atoms with Gasteiger partial charge in [-0.2, -0.15) is 13.2 Å². The highest BCUT2D eigenvalue weighted by atomic mass is 19.4. The number of fused-ring (bicyclic) bond motifs is 1. The highest BCUT2D eigenvalue weighted by molar-refractivity contribution is 5.57. The Kier molecular flexibility index (Phi) is 3.40. The smallest absolute Gasteiger partial charge is 0.382 e. The van der Waals surface area contributed by atoms with Gasteiger partial charge in [-0.25, -0.2) is 0 Å². The summed E-state index contributed by atoms with van der Waals surface area (Å²) >= 11 is 0. The van der Waals surface area contributed by atoms with Gasteiger partial charge in [-0.05, 0) is 42.7 Å². The number of rotatable bonds is 1. The molecule has 1 heterocycles. The van der Waals surface area contributed by atoms with E-state index in [0.29, 0.717) is 6.42 Å². The van der Waals surface area contributed by atoms with Gasteiger partial charge in [0.2, 0.25) is 0 Å². The van der Waals surface area contributed by atoms with Crippen LogP contribution in [0.4, 0.5) is 18.9 Å². The molecule has 0 saturated heterocycles. The van der Waals surface area contributed by atoms with Crippen molar-refractivity contribution < 1.29 is 13.2 Å². The molecule has 3 rings (SSSR count). The minimum Gasteiger partial charge on any atom is -0.382 e. The van der Waals surface area contributed by atoms with Crippen LogP contribution in [0.3, 0.4) is 0 Å². The molecule has 0 amide bonds. The van der Waals surface area contributed by atoms with Gasteiger partial charge in [0.15, 0.2) is 0 Å². The largest absolute Gasteiger partial charge is 0.416 e. The Morgan fingerprint density at radius 3 is 2.43 bits per heavy atom. The Balaban J connectivity index is 1.95. The maximum atomic E-state index is 12.8. The summed E-state index contributed by atoms with van der Waals surface area (Å²) in [6.07, 6.45) is -3.67. The van der Waals surface area contributed by atoms with Gasteiger partial charge in [-0.3, -0.25) is 0 Å². The first-order valence-electron chi connectivity index (χ1n) is 6.97. The van der Waals surface area contributed by atoms with E-state index in [2.05, 4.69) is 12.2 Å². The molecule has 1 N–H and O–H groups in total. The molecule has 2 atom stereocenters. The minimum absolute atomic E-state index is 0.183. The van der Waals surface area contributed by atoms with Crippen LogP contribution in [0.5, 0.6) is 0 Å². The van der Waals surface area contributed by atoms with Crippen molar-refractivity contribution in [3.05, 3.63) is 65.2 Å². The predicted octanol–water partition coefficient (Wildman–Crippen LogP) is 4.85. The lowest BCUT2D eigenvalue weighted by Gasteiger charge is -2.33. The Morgan fingerprint density at radius 1 is 1.05 bits per heavy atom. The summed E-state index contributed by atoms with van der Waals surface area (Å²) < 4.78 is 38.5. The van der Waals surface area contributed by atoms with Crippen LogP contribution in [-0.4, -0.2) is 6.04 Å². The molecule has 2 aromatic rings. The second-order valence-electron chi connectivity index (χ2n) is 5.52. The second-order valence-corrected chi connectivity index (χ2v) is 5.52. The topological polar surface area (TPSA) is 12.0 Å². The third-order valence-electron chi connectivity index (χ3n) is 4.09. The Bertz CT molecular complexity index is 634. The van der Waals surface area contributed by atoms with Crippen LogP contribution in [0.15, 0.2) is 48.5 Å². The Hall–Kier alpha value is -1.97. The van der Waals surface area contributed by atoms with E-state index >= 15 is 0 Å². The van der Waals surface area contributed by atoms with Crippen LogP contribution in [0.2, 0.25) is 0 Å². The van der Waals surface area contributed by atoms with E-state index in [-0.39, 0.29) is 12.0 Å². The molecule has 4 heteroatoms. The molecule has 1 aliphatic heterocycles. The summed E-state index contributed by atoms with van der Waals surface area (Å²) in [6, 6.07) is 14.1. The minimum atomic E-state index is -4.29. The van der Waals surface area contributed by atoms with Crippen molar-refractivity contribution in [2.45, 2.75) is 31.5 Å². The fourth-order valence-electron chi connectivity index (χ4n) is 2.95. The highest BCUT2D eigenvalue weighted by Gasteiger charge is 2.33. The molecule has 0 radical (unpaired) electrons. The van der Waals surface area contributed by atoms with E-state index in [1.807, 2.05) is 30.3 Å². The first-order valence-corrected chi connectivity index (χ1v) is 6.97. The molecular formula is C17H16F3N. The molecule has 2 aromatic carbocycles. The van der Waals surface area contributed by atoms with Crippen molar-refractivity contribution in [2.24, 2.45) is 0 Å². The number of anilines is 1. The van der Waals surface area contributed by atoms with E-state index in [9.17, 15) is 13.2 Å². The molecule has 1 aliphatic rings. The van der Waals surface area contributed by atoms with Crippen LogP contribution in [0, 0.1) is 0 Å². The zero-order valence-corrected chi connectivity index (χ0v) is 11.6. The monoisotopic (exact) mass is 291 g/mol. The summed E-state index contributed by atoms with van der Waals surface area (Å²) in [5.41, 5.74) is 2.12. The van der Waals surface area contributed by atoms with Crippen LogP contribution < -0.4 is 5.32 Å². The van der Waals surface area contributed by atoms with Gasteiger partial charge in [0, 0.05) is 17.6 Å². The van der Waals surface area contributed by atoms with Gasteiger partial charge in [-0.15, -0.1) is 0 Å². The molecule has 0 unspecified atom stereocenters. The van der Waals surface area contributed by atoms with Crippen molar-refractivity contribution in [1.82, 2.24) is 0 Å². The average Bonchev–Trinajstić information content (AvgIpc) is 2.46. The van der Waals surface area contributed by atoms with Crippen molar-refractivity contribution in [3.63, 3.8) is 0 Å². The van der Waals surface area contributed by atoms with E-state index in [0.717, 1.165) is 22.9 Å². The third-order valence-corrected chi connectivity index (χ3v) is 4.09. The van der Waals surface area contributed by atoms with Crippen LogP contribution in [0.1, 0.15) is 29.5 Å². The number of benzene rings is 2. The first-order chi connectivity index (χ1) is 9.95. The zero-order valence-electron chi connectivity index (χ0n) is 11.6. The maximum absolute atomic E-state index is 12.8. The fraction of sp³-hybridized carbons (Fsp3) is 0.294. The van der Waals surface area contributed by atoms with Gasteiger partial charge in [0.1, 0.15) is 0 Å². The molecule has 0 saturated carbocycles. The molecule has 1 nitrogen and oxygen atoms in total. The van der Waals surface area contributed by atoms with Gasteiger partial charge < -0.3 is 5.32 Å². The van der Waals surface area contributed by atoms with Gasteiger partial charge in [0.05, 0.1) is 5.56 Å². The molecule has 0 spiro atoms. The second kappa shape index (κ2) is 5.10. The Morgan fingerprint density at radius 2 is 1.76 bits per heavy atom. The number of halogens is 3. The molecule has 0 aromatic heterocycles. The number of hydrogen-bond donors (Lipinski definition) is 1. The highest BCUT2D eigenvalue weighted by Crippen LogP contribution is 2.38. The summed E-state index contributed by atoms with van der Waals surface area (Å²) in [5.74, 6) is 0.183. The molecular weight excluding hydrogens is 275 g/mol. The SMILES string of the molecule is C[C@@H]1Nc2ccc(C(F)(F)F)cc2C[C@@H]1c1ccccc1. The average molecular weight is 291 g/mol. The third kappa shape index (κ3) is 2.75. The maximum Gasteiger partial charge on any atom is 0.416 e. The Labute approximate surface area is 121 Å². The summed E-state index contributed by atoms with van der Waals surface area (Å²) in [5, 5.41) is 3.32.